The Morgan fingerprint density at radius 1 is 1.20 bits per heavy atom. The van der Waals surface area contributed by atoms with Crippen molar-refractivity contribution in [3.63, 3.8) is 0 Å². The SMILES string of the molecule is CC(C)n1c(=N)c(C(=O)NCc2ccc(F)cc2)cc2c(=O)n3ccccc3nc21. The molecule has 2 N–H and O–H groups in total. The van der Waals surface area contributed by atoms with E-state index >= 15 is 0 Å². The smallest absolute Gasteiger partial charge is 0.267 e. The molecule has 0 aliphatic rings. The molecule has 0 spiro atoms. The second-order valence-corrected chi connectivity index (χ2v) is 7.26. The number of hydrogen-bond donors (Lipinski definition) is 2. The van der Waals surface area contributed by atoms with Gasteiger partial charge in [0.1, 0.15) is 22.6 Å². The highest BCUT2D eigenvalue weighted by Gasteiger charge is 2.18. The first-order chi connectivity index (χ1) is 14.4. The average Bonchev–Trinajstić information content (AvgIpc) is 2.72. The van der Waals surface area contributed by atoms with Crippen molar-refractivity contribution in [2.24, 2.45) is 0 Å². The summed E-state index contributed by atoms with van der Waals surface area (Å²) in [5.74, 6) is -0.843. The van der Waals surface area contributed by atoms with Gasteiger partial charge in [0.2, 0.25) is 0 Å². The zero-order valence-electron chi connectivity index (χ0n) is 16.5. The van der Waals surface area contributed by atoms with Gasteiger partial charge in [0.15, 0.2) is 0 Å². The minimum Gasteiger partial charge on any atom is -0.348 e. The van der Waals surface area contributed by atoms with E-state index in [4.69, 9.17) is 5.41 Å². The van der Waals surface area contributed by atoms with Gasteiger partial charge in [-0.15, -0.1) is 0 Å². The monoisotopic (exact) mass is 405 g/mol. The van der Waals surface area contributed by atoms with Gasteiger partial charge in [0.25, 0.3) is 11.5 Å². The van der Waals surface area contributed by atoms with E-state index < -0.39 is 5.91 Å². The van der Waals surface area contributed by atoms with Crippen molar-refractivity contribution in [1.82, 2.24) is 19.3 Å². The van der Waals surface area contributed by atoms with E-state index in [1.54, 1.807) is 41.1 Å². The fraction of sp³-hybridized carbons (Fsp3) is 0.182. The Bertz CT molecular complexity index is 1390. The van der Waals surface area contributed by atoms with Crippen molar-refractivity contribution in [3.05, 3.63) is 87.5 Å². The van der Waals surface area contributed by atoms with Gasteiger partial charge in [-0.2, -0.15) is 0 Å². The van der Waals surface area contributed by atoms with Gasteiger partial charge < -0.3 is 9.88 Å². The van der Waals surface area contributed by atoms with Crippen LogP contribution in [0.2, 0.25) is 0 Å². The molecule has 0 bridgehead atoms. The van der Waals surface area contributed by atoms with Gasteiger partial charge in [-0.3, -0.25) is 19.4 Å². The van der Waals surface area contributed by atoms with E-state index in [0.29, 0.717) is 11.3 Å². The molecular weight excluding hydrogens is 385 g/mol. The van der Waals surface area contributed by atoms with E-state index in [-0.39, 0.29) is 40.4 Å². The second-order valence-electron chi connectivity index (χ2n) is 7.26. The molecule has 1 aromatic carbocycles. The molecule has 1 amide bonds. The molecule has 0 radical (unpaired) electrons. The van der Waals surface area contributed by atoms with Crippen molar-refractivity contribution in [1.29, 1.82) is 5.41 Å². The van der Waals surface area contributed by atoms with Crippen LogP contribution in [0.4, 0.5) is 4.39 Å². The summed E-state index contributed by atoms with van der Waals surface area (Å²) in [4.78, 5) is 30.5. The van der Waals surface area contributed by atoms with Crippen molar-refractivity contribution in [3.8, 4) is 0 Å². The maximum absolute atomic E-state index is 13.1. The summed E-state index contributed by atoms with van der Waals surface area (Å²) >= 11 is 0. The quantitative estimate of drug-likeness (QED) is 0.512. The van der Waals surface area contributed by atoms with Crippen molar-refractivity contribution >= 4 is 22.6 Å². The number of nitrogens with zero attached hydrogens (tertiary/aromatic N) is 3. The van der Waals surface area contributed by atoms with Crippen molar-refractivity contribution in [2.75, 3.05) is 0 Å². The Morgan fingerprint density at radius 3 is 2.63 bits per heavy atom. The standard InChI is InChI=1S/C22H20FN5O2/c1-13(2)28-19(24)16(21(29)25-12-14-6-8-15(23)9-7-14)11-17-20(28)26-18-5-3-4-10-27(18)22(17)30/h3-11,13,24H,12H2,1-2H3,(H,25,29). The predicted molar refractivity (Wildman–Crippen MR) is 111 cm³/mol. The van der Waals surface area contributed by atoms with Crippen LogP contribution in [0, 0.1) is 11.2 Å². The zero-order chi connectivity index (χ0) is 21.4. The Labute approximate surface area is 170 Å². The maximum atomic E-state index is 13.1. The molecule has 4 rings (SSSR count). The number of aromatic nitrogens is 3. The molecule has 0 fully saturated rings. The molecule has 4 aromatic rings. The molecule has 0 unspecified atom stereocenters. The minimum atomic E-state index is -0.488. The summed E-state index contributed by atoms with van der Waals surface area (Å²) in [6, 6.07) is 12.3. The van der Waals surface area contributed by atoms with Crippen LogP contribution in [0.1, 0.15) is 35.8 Å². The van der Waals surface area contributed by atoms with Crippen LogP contribution in [0.3, 0.4) is 0 Å². The van der Waals surface area contributed by atoms with Crippen LogP contribution in [-0.4, -0.2) is 19.9 Å². The minimum absolute atomic E-state index is 0.0266. The molecule has 152 valence electrons. The predicted octanol–water partition coefficient (Wildman–Crippen LogP) is 2.78. The molecule has 0 aliphatic heterocycles. The van der Waals surface area contributed by atoms with Crippen molar-refractivity contribution < 1.29 is 9.18 Å². The topological polar surface area (TPSA) is 92.2 Å². The lowest BCUT2D eigenvalue weighted by molar-refractivity contribution is 0.0948. The third kappa shape index (κ3) is 3.36. The molecule has 3 heterocycles. The van der Waals surface area contributed by atoms with Crippen LogP contribution in [0.25, 0.3) is 16.7 Å². The first-order valence-electron chi connectivity index (χ1n) is 9.50. The van der Waals surface area contributed by atoms with Gasteiger partial charge in [-0.25, -0.2) is 9.37 Å². The average molecular weight is 405 g/mol. The highest BCUT2D eigenvalue weighted by molar-refractivity contribution is 5.96. The summed E-state index contributed by atoms with van der Waals surface area (Å²) in [6.45, 7) is 3.91. The number of carbonyl (C=O) groups is 1. The van der Waals surface area contributed by atoms with E-state index in [0.717, 1.165) is 5.56 Å². The molecular formula is C22H20FN5O2. The van der Waals surface area contributed by atoms with E-state index in [9.17, 15) is 14.0 Å². The number of pyridine rings is 2. The molecule has 0 aliphatic carbocycles. The number of hydrogen-bond acceptors (Lipinski definition) is 4. The summed E-state index contributed by atoms with van der Waals surface area (Å²) in [7, 11) is 0. The highest BCUT2D eigenvalue weighted by atomic mass is 19.1. The van der Waals surface area contributed by atoms with Crippen LogP contribution < -0.4 is 16.4 Å². The first kappa shape index (κ1) is 19.5. The third-order valence-corrected chi connectivity index (χ3v) is 4.89. The molecule has 0 saturated carbocycles. The Kier molecular flexibility index (Phi) is 4.91. The summed E-state index contributed by atoms with van der Waals surface area (Å²) in [5.41, 5.74) is 1.30. The maximum Gasteiger partial charge on any atom is 0.267 e. The number of rotatable bonds is 4. The summed E-state index contributed by atoms with van der Waals surface area (Å²) in [6.07, 6.45) is 1.62. The van der Waals surface area contributed by atoms with Gasteiger partial charge >= 0.3 is 0 Å². The molecule has 0 atom stereocenters. The van der Waals surface area contributed by atoms with Crippen molar-refractivity contribution in [2.45, 2.75) is 26.4 Å². The van der Waals surface area contributed by atoms with E-state index in [2.05, 4.69) is 10.3 Å². The molecule has 0 saturated heterocycles. The van der Waals surface area contributed by atoms with Crippen LogP contribution >= 0.6 is 0 Å². The number of benzene rings is 1. The van der Waals surface area contributed by atoms with Crippen LogP contribution in [0.15, 0.2) is 59.5 Å². The third-order valence-electron chi connectivity index (χ3n) is 4.89. The Morgan fingerprint density at radius 2 is 1.93 bits per heavy atom. The first-order valence-corrected chi connectivity index (χ1v) is 9.50. The van der Waals surface area contributed by atoms with Gasteiger partial charge in [0, 0.05) is 18.8 Å². The zero-order valence-corrected chi connectivity index (χ0v) is 16.5. The lowest BCUT2D eigenvalue weighted by Crippen LogP contribution is -2.35. The summed E-state index contributed by atoms with van der Waals surface area (Å²) in [5, 5.41) is 11.6. The fourth-order valence-corrected chi connectivity index (χ4v) is 3.41. The molecule has 30 heavy (non-hydrogen) atoms. The Hall–Kier alpha value is -3.81. The van der Waals surface area contributed by atoms with Gasteiger partial charge in [-0.1, -0.05) is 18.2 Å². The lowest BCUT2D eigenvalue weighted by atomic mass is 10.1. The number of carbonyl (C=O) groups excluding carboxylic acids is 1. The second kappa shape index (κ2) is 7.55. The Balaban J connectivity index is 1.84. The van der Waals surface area contributed by atoms with E-state index in [1.165, 1.54) is 22.6 Å². The van der Waals surface area contributed by atoms with Crippen LogP contribution in [-0.2, 0) is 6.54 Å². The lowest BCUT2D eigenvalue weighted by Gasteiger charge is -2.17. The number of fused-ring (bicyclic) bond motifs is 2. The van der Waals surface area contributed by atoms with Crippen LogP contribution in [0.5, 0.6) is 0 Å². The van der Waals surface area contributed by atoms with Gasteiger partial charge in [-0.05, 0) is 49.7 Å². The molecule has 8 heteroatoms. The number of amides is 1. The van der Waals surface area contributed by atoms with E-state index in [1.807, 2.05) is 13.8 Å². The normalized spacial score (nSPS) is 11.3. The molecule has 3 aromatic heterocycles. The molecule has 7 nitrogen and oxygen atoms in total. The fourth-order valence-electron chi connectivity index (χ4n) is 3.41. The van der Waals surface area contributed by atoms with Gasteiger partial charge in [0.05, 0.1) is 10.9 Å². The largest absolute Gasteiger partial charge is 0.348 e. The summed E-state index contributed by atoms with van der Waals surface area (Å²) < 4.78 is 16.1. The number of halogens is 1. The highest BCUT2D eigenvalue weighted by Crippen LogP contribution is 2.14. The number of nitrogens with one attached hydrogen (secondary N) is 2.